The molecule has 0 unspecified atom stereocenters. The molecule has 1 heterocycles. The zero-order chi connectivity index (χ0) is 15.2. The van der Waals surface area contributed by atoms with Crippen LogP contribution in [-0.4, -0.2) is 24.5 Å². The minimum atomic E-state index is -0.408. The Bertz CT molecular complexity index is 665. The molecule has 1 aromatic heterocycles. The highest BCUT2D eigenvalue weighted by Crippen LogP contribution is 2.14. The smallest absolute Gasteiger partial charge is 0.260 e. The van der Waals surface area contributed by atoms with Gasteiger partial charge in [-0.05, 0) is 24.6 Å². The number of benzene rings is 1. The summed E-state index contributed by atoms with van der Waals surface area (Å²) >= 11 is 0. The van der Waals surface area contributed by atoms with E-state index >= 15 is 0 Å². The molecule has 0 spiro atoms. The van der Waals surface area contributed by atoms with Gasteiger partial charge in [0.1, 0.15) is 5.56 Å². The summed E-state index contributed by atoms with van der Waals surface area (Å²) in [5.74, 6) is -0.408. The Morgan fingerprint density at radius 3 is 2.57 bits per heavy atom. The van der Waals surface area contributed by atoms with Gasteiger partial charge in [-0.1, -0.05) is 30.3 Å². The number of carbonyl (C=O) groups excluding carboxylic acids is 1. The van der Waals surface area contributed by atoms with Crippen LogP contribution in [0.25, 0.3) is 0 Å². The molecule has 0 aliphatic rings. The molecule has 5 heteroatoms. The number of hydrogen-bond acceptors (Lipinski definition) is 3. The summed E-state index contributed by atoms with van der Waals surface area (Å²) in [5.41, 5.74) is 1.40. The lowest BCUT2D eigenvalue weighted by Gasteiger charge is -2.16. The van der Waals surface area contributed by atoms with Gasteiger partial charge in [-0.25, -0.2) is 0 Å². The molecule has 1 atom stereocenters. The van der Waals surface area contributed by atoms with E-state index in [1.54, 1.807) is 20.1 Å². The summed E-state index contributed by atoms with van der Waals surface area (Å²) in [6.07, 6.45) is -0.250. The zero-order valence-electron chi connectivity index (χ0n) is 12.1. The third-order valence-corrected chi connectivity index (χ3v) is 3.20. The first-order valence-electron chi connectivity index (χ1n) is 6.67. The summed E-state index contributed by atoms with van der Waals surface area (Å²) in [4.78, 5) is 26.4. The van der Waals surface area contributed by atoms with Crippen molar-refractivity contribution in [1.82, 2.24) is 10.3 Å². The van der Waals surface area contributed by atoms with Crippen LogP contribution in [0.4, 0.5) is 0 Å². The van der Waals surface area contributed by atoms with Crippen molar-refractivity contribution < 1.29 is 9.53 Å². The largest absolute Gasteiger partial charge is 0.375 e. The summed E-state index contributed by atoms with van der Waals surface area (Å²) in [7, 11) is 1.59. The number of amides is 1. The lowest BCUT2D eigenvalue weighted by atomic mass is 10.1. The van der Waals surface area contributed by atoms with Gasteiger partial charge in [-0.2, -0.15) is 0 Å². The highest BCUT2D eigenvalue weighted by molar-refractivity contribution is 5.93. The molecule has 0 bridgehead atoms. The fourth-order valence-corrected chi connectivity index (χ4v) is 2.04. The van der Waals surface area contributed by atoms with E-state index in [1.807, 2.05) is 30.3 Å². The Morgan fingerprint density at radius 2 is 1.95 bits per heavy atom. The molecule has 1 aromatic carbocycles. The van der Waals surface area contributed by atoms with E-state index in [2.05, 4.69) is 10.3 Å². The number of ether oxygens (including phenoxy) is 1. The van der Waals surface area contributed by atoms with Crippen molar-refractivity contribution in [3.8, 4) is 0 Å². The van der Waals surface area contributed by atoms with Crippen molar-refractivity contribution in [1.29, 1.82) is 0 Å². The maximum atomic E-state index is 12.0. The Labute approximate surface area is 123 Å². The van der Waals surface area contributed by atoms with Gasteiger partial charge in [-0.15, -0.1) is 0 Å². The highest BCUT2D eigenvalue weighted by Gasteiger charge is 2.14. The molecule has 2 aromatic rings. The number of H-pyrrole nitrogens is 1. The molecular formula is C16H18N2O3. The van der Waals surface area contributed by atoms with Crippen molar-refractivity contribution in [2.24, 2.45) is 0 Å². The number of pyridine rings is 1. The van der Waals surface area contributed by atoms with E-state index < -0.39 is 5.91 Å². The zero-order valence-corrected chi connectivity index (χ0v) is 12.1. The molecule has 5 nitrogen and oxygen atoms in total. The topological polar surface area (TPSA) is 71.2 Å². The number of aromatic amines is 1. The Kier molecular flexibility index (Phi) is 4.90. The van der Waals surface area contributed by atoms with Crippen molar-refractivity contribution >= 4 is 5.91 Å². The lowest BCUT2D eigenvalue weighted by Crippen LogP contribution is -2.33. The van der Waals surface area contributed by atoms with Gasteiger partial charge in [0, 0.05) is 19.3 Å². The van der Waals surface area contributed by atoms with Crippen molar-refractivity contribution in [2.75, 3.05) is 13.7 Å². The van der Waals surface area contributed by atoms with Gasteiger partial charge < -0.3 is 15.0 Å². The second kappa shape index (κ2) is 6.85. The minimum absolute atomic E-state index is 0.100. The monoisotopic (exact) mass is 286 g/mol. The van der Waals surface area contributed by atoms with E-state index in [0.29, 0.717) is 6.54 Å². The van der Waals surface area contributed by atoms with Crippen LogP contribution in [0.3, 0.4) is 0 Å². The second-order valence-corrected chi connectivity index (χ2v) is 4.73. The molecule has 110 valence electrons. The maximum absolute atomic E-state index is 12.0. The van der Waals surface area contributed by atoms with Gasteiger partial charge in [0.05, 0.1) is 6.10 Å². The average Bonchev–Trinajstić information content (AvgIpc) is 2.48. The molecule has 0 fully saturated rings. The van der Waals surface area contributed by atoms with Crippen LogP contribution in [0.15, 0.2) is 47.3 Å². The number of hydrogen-bond donors (Lipinski definition) is 2. The Balaban J connectivity index is 2.04. The number of methoxy groups -OCH3 is 1. The first kappa shape index (κ1) is 15.0. The van der Waals surface area contributed by atoms with Crippen LogP contribution in [0.1, 0.15) is 27.7 Å². The molecule has 0 aliphatic heterocycles. The van der Waals surface area contributed by atoms with Crippen LogP contribution in [0.5, 0.6) is 0 Å². The molecular weight excluding hydrogens is 268 g/mol. The first-order chi connectivity index (χ1) is 10.1. The number of aryl methyl sites for hydroxylation is 1. The van der Waals surface area contributed by atoms with Gasteiger partial charge >= 0.3 is 0 Å². The maximum Gasteiger partial charge on any atom is 0.260 e. The van der Waals surface area contributed by atoms with Gasteiger partial charge in [0.15, 0.2) is 0 Å². The number of rotatable bonds is 5. The number of nitrogens with one attached hydrogen (secondary N) is 2. The fourth-order valence-electron chi connectivity index (χ4n) is 2.04. The van der Waals surface area contributed by atoms with Crippen LogP contribution in [0, 0.1) is 6.92 Å². The van der Waals surface area contributed by atoms with Crippen molar-refractivity contribution in [3.63, 3.8) is 0 Å². The van der Waals surface area contributed by atoms with Crippen molar-refractivity contribution in [3.05, 3.63) is 69.6 Å². The third-order valence-electron chi connectivity index (χ3n) is 3.20. The molecule has 0 saturated heterocycles. The number of carbonyl (C=O) groups is 1. The number of aromatic nitrogens is 1. The fraction of sp³-hybridized carbons (Fsp3) is 0.250. The highest BCUT2D eigenvalue weighted by atomic mass is 16.5. The Morgan fingerprint density at radius 1 is 1.24 bits per heavy atom. The molecule has 0 aliphatic carbocycles. The van der Waals surface area contributed by atoms with Crippen LogP contribution in [0.2, 0.25) is 0 Å². The summed E-state index contributed by atoms with van der Waals surface area (Å²) in [6.45, 7) is 2.06. The predicted molar refractivity (Wildman–Crippen MR) is 80.3 cm³/mol. The molecule has 2 rings (SSSR count). The van der Waals surface area contributed by atoms with Crippen molar-refractivity contribution in [2.45, 2.75) is 13.0 Å². The second-order valence-electron chi connectivity index (χ2n) is 4.73. The molecule has 0 radical (unpaired) electrons. The quantitative estimate of drug-likeness (QED) is 0.880. The third kappa shape index (κ3) is 3.79. The first-order valence-corrected chi connectivity index (χ1v) is 6.67. The van der Waals surface area contributed by atoms with Crippen LogP contribution >= 0.6 is 0 Å². The van der Waals surface area contributed by atoms with Gasteiger partial charge in [0.2, 0.25) is 0 Å². The van der Waals surface area contributed by atoms with E-state index in [1.165, 1.54) is 6.07 Å². The summed E-state index contributed by atoms with van der Waals surface area (Å²) in [6, 6.07) is 12.8. The van der Waals surface area contributed by atoms with Gasteiger partial charge in [-0.3, -0.25) is 9.59 Å². The lowest BCUT2D eigenvalue weighted by molar-refractivity contribution is 0.0827. The molecule has 2 N–H and O–H groups in total. The predicted octanol–water partition coefficient (Wildman–Crippen LogP) is 1.80. The standard InChI is InChI=1S/C16H18N2O3/c1-11-8-9-13(16(20)18-11)15(19)17-10-14(21-2)12-6-4-3-5-7-12/h3-9,14H,10H2,1-2H3,(H,17,19)(H,18,20)/t14-/m1/s1. The molecule has 1 amide bonds. The summed E-state index contributed by atoms with van der Waals surface area (Å²) < 4.78 is 5.37. The molecule has 0 saturated carbocycles. The van der Waals surface area contributed by atoms with E-state index in [-0.39, 0.29) is 17.2 Å². The van der Waals surface area contributed by atoms with Crippen LogP contribution in [-0.2, 0) is 4.74 Å². The van der Waals surface area contributed by atoms with Gasteiger partial charge in [0.25, 0.3) is 11.5 Å². The van der Waals surface area contributed by atoms with Crippen LogP contribution < -0.4 is 10.9 Å². The Hall–Kier alpha value is -2.40. The normalized spacial score (nSPS) is 11.9. The van der Waals surface area contributed by atoms with E-state index in [9.17, 15) is 9.59 Å². The van der Waals surface area contributed by atoms with E-state index in [4.69, 9.17) is 4.74 Å². The van der Waals surface area contributed by atoms with E-state index in [0.717, 1.165) is 11.3 Å². The minimum Gasteiger partial charge on any atom is -0.375 e. The summed E-state index contributed by atoms with van der Waals surface area (Å²) in [5, 5.41) is 2.72. The average molecular weight is 286 g/mol. The molecule has 21 heavy (non-hydrogen) atoms. The SMILES string of the molecule is CO[C@H](CNC(=O)c1ccc(C)[nH]c1=O)c1ccccc1.